The van der Waals surface area contributed by atoms with Gasteiger partial charge in [-0.15, -0.1) is 0 Å². The summed E-state index contributed by atoms with van der Waals surface area (Å²) < 4.78 is 4.77. The zero-order valence-electron chi connectivity index (χ0n) is 7.93. The van der Waals surface area contributed by atoms with E-state index < -0.39 is 5.54 Å². The number of rotatable bonds is 4. The molecule has 0 bridgehead atoms. The Balaban J connectivity index is 1.85. The quantitative estimate of drug-likeness (QED) is 0.578. The number of nitrogens with one attached hydrogen (secondary N) is 2. The molecule has 2 fully saturated rings. The lowest BCUT2D eigenvalue weighted by Gasteiger charge is -2.40. The molecule has 1 aliphatic heterocycles. The topological polar surface area (TPSA) is 50.4 Å². The predicted molar refractivity (Wildman–Crippen MR) is 48.3 cm³/mol. The Hall–Kier alpha value is -0.610. The van der Waals surface area contributed by atoms with Crippen molar-refractivity contribution in [3.8, 4) is 0 Å². The van der Waals surface area contributed by atoms with Crippen LogP contribution in [0.15, 0.2) is 0 Å². The second kappa shape index (κ2) is 3.27. The number of ether oxygens (including phenoxy) is 1. The van der Waals surface area contributed by atoms with E-state index in [1.165, 1.54) is 20.0 Å². The average molecular weight is 184 g/mol. The summed E-state index contributed by atoms with van der Waals surface area (Å²) in [5.74, 6) is 0.661. The third-order valence-corrected chi connectivity index (χ3v) is 2.86. The number of carbonyl (C=O) groups is 1. The van der Waals surface area contributed by atoms with E-state index >= 15 is 0 Å². The monoisotopic (exact) mass is 184 g/mol. The molecule has 0 aromatic carbocycles. The molecule has 1 aliphatic carbocycles. The summed E-state index contributed by atoms with van der Waals surface area (Å²) in [6, 6.07) is 0. The smallest absolute Gasteiger partial charge is 0.328 e. The van der Waals surface area contributed by atoms with Gasteiger partial charge in [-0.05, 0) is 25.3 Å². The molecule has 0 spiro atoms. The van der Waals surface area contributed by atoms with Gasteiger partial charge in [0.2, 0.25) is 0 Å². The van der Waals surface area contributed by atoms with Gasteiger partial charge in [0.15, 0.2) is 0 Å². The van der Waals surface area contributed by atoms with Crippen LogP contribution in [-0.4, -0.2) is 38.3 Å². The summed E-state index contributed by atoms with van der Waals surface area (Å²) in [5, 5.41) is 6.41. The van der Waals surface area contributed by atoms with E-state index in [9.17, 15) is 4.79 Å². The largest absolute Gasteiger partial charge is 0.468 e. The molecule has 4 nitrogen and oxygen atoms in total. The first-order valence-corrected chi connectivity index (χ1v) is 4.81. The zero-order chi connectivity index (χ0) is 9.31. The fraction of sp³-hybridized carbons (Fsp3) is 0.889. The lowest BCUT2D eigenvalue weighted by atomic mass is 9.92. The van der Waals surface area contributed by atoms with Crippen molar-refractivity contribution in [1.29, 1.82) is 0 Å². The molecule has 1 saturated heterocycles. The standard InChI is InChI=1S/C9H16N2O2/c1-13-8(12)9(5-10-6-9)11-4-7-2-3-7/h7,10-11H,2-6H2,1H3. The number of esters is 1. The van der Waals surface area contributed by atoms with Crippen LogP contribution in [-0.2, 0) is 9.53 Å². The zero-order valence-corrected chi connectivity index (χ0v) is 7.93. The Labute approximate surface area is 78.0 Å². The molecule has 1 heterocycles. The summed E-state index contributed by atoms with van der Waals surface area (Å²) >= 11 is 0. The van der Waals surface area contributed by atoms with Gasteiger partial charge in [-0.2, -0.15) is 0 Å². The number of hydrogen-bond donors (Lipinski definition) is 2. The first-order valence-electron chi connectivity index (χ1n) is 4.81. The summed E-state index contributed by atoms with van der Waals surface area (Å²) in [4.78, 5) is 11.4. The third-order valence-electron chi connectivity index (χ3n) is 2.86. The maximum absolute atomic E-state index is 11.4. The summed E-state index contributed by atoms with van der Waals surface area (Å²) in [5.41, 5.74) is -0.419. The lowest BCUT2D eigenvalue weighted by Crippen LogP contribution is -2.72. The first-order chi connectivity index (χ1) is 6.27. The Morgan fingerprint density at radius 2 is 2.31 bits per heavy atom. The van der Waals surface area contributed by atoms with E-state index in [2.05, 4.69) is 10.6 Å². The molecule has 2 N–H and O–H groups in total. The fourth-order valence-electron chi connectivity index (χ4n) is 1.57. The molecule has 74 valence electrons. The van der Waals surface area contributed by atoms with Crippen LogP contribution < -0.4 is 10.6 Å². The van der Waals surface area contributed by atoms with Crippen LogP contribution in [0.2, 0.25) is 0 Å². The van der Waals surface area contributed by atoms with Crippen molar-refractivity contribution in [3.63, 3.8) is 0 Å². The molecule has 1 saturated carbocycles. The molecule has 0 aromatic rings. The minimum absolute atomic E-state index is 0.132. The van der Waals surface area contributed by atoms with E-state index in [1.807, 2.05) is 0 Å². The van der Waals surface area contributed by atoms with Crippen molar-refractivity contribution >= 4 is 5.97 Å². The minimum atomic E-state index is -0.419. The summed E-state index contributed by atoms with van der Waals surface area (Å²) in [6.45, 7) is 2.36. The van der Waals surface area contributed by atoms with E-state index in [-0.39, 0.29) is 5.97 Å². The Morgan fingerprint density at radius 3 is 2.69 bits per heavy atom. The molecular formula is C9H16N2O2. The highest BCUT2D eigenvalue weighted by molar-refractivity contribution is 5.82. The Bertz CT molecular complexity index is 210. The van der Waals surface area contributed by atoms with Crippen LogP contribution in [0.4, 0.5) is 0 Å². The van der Waals surface area contributed by atoms with E-state index in [0.29, 0.717) is 13.1 Å². The molecule has 13 heavy (non-hydrogen) atoms. The van der Waals surface area contributed by atoms with Crippen LogP contribution in [0, 0.1) is 5.92 Å². The van der Waals surface area contributed by atoms with Gasteiger partial charge in [-0.3, -0.25) is 5.32 Å². The van der Waals surface area contributed by atoms with Gasteiger partial charge in [-0.1, -0.05) is 0 Å². The van der Waals surface area contributed by atoms with Gasteiger partial charge in [0.25, 0.3) is 0 Å². The summed E-state index contributed by atoms with van der Waals surface area (Å²) in [7, 11) is 1.45. The Kier molecular flexibility index (Phi) is 2.26. The van der Waals surface area contributed by atoms with Gasteiger partial charge in [-0.25, -0.2) is 4.79 Å². The number of carbonyl (C=O) groups excluding carboxylic acids is 1. The fourth-order valence-corrected chi connectivity index (χ4v) is 1.57. The van der Waals surface area contributed by atoms with Gasteiger partial charge in [0, 0.05) is 13.1 Å². The number of hydrogen-bond acceptors (Lipinski definition) is 4. The molecule has 0 radical (unpaired) electrons. The maximum atomic E-state index is 11.4. The van der Waals surface area contributed by atoms with Crippen molar-refractivity contribution in [2.45, 2.75) is 18.4 Å². The normalized spacial score (nSPS) is 25.0. The highest BCUT2D eigenvalue weighted by Crippen LogP contribution is 2.28. The second-order valence-corrected chi connectivity index (χ2v) is 4.00. The van der Waals surface area contributed by atoms with E-state index in [1.54, 1.807) is 0 Å². The van der Waals surface area contributed by atoms with Gasteiger partial charge >= 0.3 is 5.97 Å². The maximum Gasteiger partial charge on any atom is 0.328 e. The lowest BCUT2D eigenvalue weighted by molar-refractivity contribution is -0.151. The van der Waals surface area contributed by atoms with Crippen molar-refractivity contribution in [2.24, 2.45) is 5.92 Å². The van der Waals surface area contributed by atoms with Crippen molar-refractivity contribution in [2.75, 3.05) is 26.7 Å². The average Bonchev–Trinajstić information content (AvgIpc) is 2.85. The molecule has 0 atom stereocenters. The van der Waals surface area contributed by atoms with Crippen LogP contribution in [0.5, 0.6) is 0 Å². The molecule has 2 aliphatic rings. The van der Waals surface area contributed by atoms with Crippen LogP contribution >= 0.6 is 0 Å². The first kappa shape index (κ1) is 8.97. The second-order valence-electron chi connectivity index (χ2n) is 4.00. The molecule has 0 amide bonds. The molecule has 2 rings (SSSR count). The van der Waals surface area contributed by atoms with Crippen LogP contribution in [0.25, 0.3) is 0 Å². The van der Waals surface area contributed by atoms with Gasteiger partial charge in [0.05, 0.1) is 7.11 Å². The Morgan fingerprint density at radius 1 is 1.62 bits per heavy atom. The van der Waals surface area contributed by atoms with Gasteiger partial charge in [0.1, 0.15) is 5.54 Å². The van der Waals surface area contributed by atoms with E-state index in [4.69, 9.17) is 4.74 Å². The molecule has 0 unspecified atom stereocenters. The van der Waals surface area contributed by atoms with Gasteiger partial charge < -0.3 is 10.1 Å². The van der Waals surface area contributed by atoms with Crippen molar-refractivity contribution < 1.29 is 9.53 Å². The molecule has 4 heteroatoms. The number of methoxy groups -OCH3 is 1. The van der Waals surface area contributed by atoms with Crippen molar-refractivity contribution in [3.05, 3.63) is 0 Å². The highest BCUT2D eigenvalue weighted by Gasteiger charge is 2.45. The third kappa shape index (κ3) is 1.69. The minimum Gasteiger partial charge on any atom is -0.468 e. The highest BCUT2D eigenvalue weighted by atomic mass is 16.5. The van der Waals surface area contributed by atoms with Crippen LogP contribution in [0.1, 0.15) is 12.8 Å². The van der Waals surface area contributed by atoms with Crippen molar-refractivity contribution in [1.82, 2.24) is 10.6 Å². The molecular weight excluding hydrogens is 168 g/mol. The van der Waals surface area contributed by atoms with Crippen LogP contribution in [0.3, 0.4) is 0 Å². The summed E-state index contributed by atoms with van der Waals surface area (Å²) in [6.07, 6.45) is 2.61. The predicted octanol–water partition coefficient (Wildman–Crippen LogP) is -0.499. The molecule has 0 aromatic heterocycles. The SMILES string of the molecule is COC(=O)C1(NCC2CC2)CNC1. The van der Waals surface area contributed by atoms with E-state index in [0.717, 1.165) is 12.5 Å².